The molecule has 0 bridgehead atoms. The van der Waals surface area contributed by atoms with Crippen molar-refractivity contribution < 1.29 is 24.5 Å². The van der Waals surface area contributed by atoms with Crippen LogP contribution >= 0.6 is 11.8 Å². The number of thioether (sulfide) groups is 1. The molecule has 33 heavy (non-hydrogen) atoms. The molecule has 4 rings (SSSR count). The number of aliphatic imine (C=N–C) groups is 1. The number of carbonyl (C=O) groups is 2. The van der Waals surface area contributed by atoms with Gasteiger partial charge in [0.15, 0.2) is 16.7 Å². The van der Waals surface area contributed by atoms with Gasteiger partial charge in [-0.1, -0.05) is 72.4 Å². The van der Waals surface area contributed by atoms with Gasteiger partial charge in [0.2, 0.25) is 0 Å². The van der Waals surface area contributed by atoms with Crippen LogP contribution in [-0.4, -0.2) is 34.4 Å². The van der Waals surface area contributed by atoms with E-state index in [1.807, 2.05) is 6.07 Å². The molecule has 3 aromatic rings. The van der Waals surface area contributed by atoms with Crippen LogP contribution in [0.15, 0.2) is 89.6 Å². The van der Waals surface area contributed by atoms with Crippen molar-refractivity contribution in [3.8, 4) is 11.5 Å². The molecule has 8 heteroatoms. The Morgan fingerprint density at radius 2 is 1.70 bits per heavy atom. The highest BCUT2D eigenvalue weighted by Crippen LogP contribution is 2.38. The fraction of sp³-hybridized carbons (Fsp3) is 0.0800. The third kappa shape index (κ3) is 4.61. The van der Waals surface area contributed by atoms with Gasteiger partial charge >= 0.3 is 5.97 Å². The van der Waals surface area contributed by atoms with Crippen molar-refractivity contribution in [3.63, 3.8) is 0 Å². The number of anilines is 1. The van der Waals surface area contributed by atoms with Gasteiger partial charge in [-0.2, -0.15) is 0 Å². The molecule has 3 aromatic carbocycles. The van der Waals surface area contributed by atoms with E-state index in [0.717, 1.165) is 11.8 Å². The molecule has 0 saturated carbocycles. The minimum Gasteiger partial charge on any atom is -0.504 e. The standard InChI is InChI=1S/C25H20N2O5S/c1-32-20-14-8-11-17(21(20)28)15-19-23(29)27(18-12-6-3-7-13-18)25(26-19)33-22(24(30)31)16-9-4-2-5-10-16/h2-15,22,28H,1H3,(H,30,31)/b19-15-. The highest BCUT2D eigenvalue weighted by Gasteiger charge is 2.35. The Hall–Kier alpha value is -4.04. The first kappa shape index (κ1) is 22.2. The molecular weight excluding hydrogens is 440 g/mol. The molecule has 0 aromatic heterocycles. The zero-order valence-electron chi connectivity index (χ0n) is 17.6. The Balaban J connectivity index is 1.78. The summed E-state index contributed by atoms with van der Waals surface area (Å²) in [5, 5.41) is 19.6. The fourth-order valence-electron chi connectivity index (χ4n) is 3.34. The fourth-order valence-corrected chi connectivity index (χ4v) is 4.39. The van der Waals surface area contributed by atoms with Gasteiger partial charge in [-0.15, -0.1) is 0 Å². The van der Waals surface area contributed by atoms with E-state index in [1.165, 1.54) is 18.1 Å². The number of carboxylic acids is 1. The summed E-state index contributed by atoms with van der Waals surface area (Å²) in [6.45, 7) is 0. The minimum atomic E-state index is -1.04. The van der Waals surface area contributed by atoms with E-state index in [0.29, 0.717) is 16.8 Å². The van der Waals surface area contributed by atoms with E-state index in [-0.39, 0.29) is 22.4 Å². The van der Waals surface area contributed by atoms with Gasteiger partial charge in [0.05, 0.1) is 12.8 Å². The number of carbonyl (C=O) groups excluding carboxylic acids is 1. The number of amides is 1. The average molecular weight is 461 g/mol. The lowest BCUT2D eigenvalue weighted by Crippen LogP contribution is -2.31. The zero-order chi connectivity index (χ0) is 23.4. The van der Waals surface area contributed by atoms with E-state index in [1.54, 1.807) is 72.8 Å². The number of phenolic OH excluding ortho intramolecular Hbond substituents is 1. The number of amidine groups is 1. The lowest BCUT2D eigenvalue weighted by Gasteiger charge is -2.20. The molecule has 0 saturated heterocycles. The van der Waals surface area contributed by atoms with Crippen LogP contribution in [0.1, 0.15) is 16.4 Å². The van der Waals surface area contributed by atoms with Gasteiger partial charge in [-0.05, 0) is 29.8 Å². The van der Waals surface area contributed by atoms with E-state index >= 15 is 0 Å². The first-order valence-electron chi connectivity index (χ1n) is 10.00. The summed E-state index contributed by atoms with van der Waals surface area (Å²) in [5.74, 6) is -1.32. The maximum atomic E-state index is 13.3. The third-order valence-electron chi connectivity index (χ3n) is 4.94. The van der Waals surface area contributed by atoms with Crippen LogP contribution in [0.5, 0.6) is 11.5 Å². The van der Waals surface area contributed by atoms with Gasteiger partial charge in [0, 0.05) is 5.56 Å². The second kappa shape index (κ2) is 9.62. The second-order valence-electron chi connectivity index (χ2n) is 7.04. The predicted molar refractivity (Wildman–Crippen MR) is 128 cm³/mol. The molecule has 1 aliphatic rings. The smallest absolute Gasteiger partial charge is 0.321 e. The van der Waals surface area contributed by atoms with Crippen molar-refractivity contribution in [1.29, 1.82) is 0 Å². The first-order chi connectivity index (χ1) is 16.0. The van der Waals surface area contributed by atoms with E-state index in [4.69, 9.17) is 4.74 Å². The molecule has 7 nitrogen and oxygen atoms in total. The van der Waals surface area contributed by atoms with E-state index in [2.05, 4.69) is 4.99 Å². The number of para-hydroxylation sites is 2. The lowest BCUT2D eigenvalue weighted by atomic mass is 10.1. The van der Waals surface area contributed by atoms with Crippen LogP contribution in [-0.2, 0) is 9.59 Å². The van der Waals surface area contributed by atoms with Crippen molar-refractivity contribution >= 4 is 40.6 Å². The van der Waals surface area contributed by atoms with Crippen LogP contribution in [0.3, 0.4) is 0 Å². The molecule has 0 aliphatic carbocycles. The minimum absolute atomic E-state index is 0.0714. The maximum absolute atomic E-state index is 13.3. The predicted octanol–water partition coefficient (Wildman–Crippen LogP) is 4.70. The number of methoxy groups -OCH3 is 1. The van der Waals surface area contributed by atoms with Crippen LogP contribution in [0.25, 0.3) is 6.08 Å². The van der Waals surface area contributed by atoms with Crippen molar-refractivity contribution in [2.45, 2.75) is 5.25 Å². The molecule has 0 spiro atoms. The number of aromatic hydroxyl groups is 1. The zero-order valence-corrected chi connectivity index (χ0v) is 18.4. The number of aliphatic carboxylic acids is 1. The Bertz CT molecular complexity index is 1240. The quantitative estimate of drug-likeness (QED) is 0.517. The highest BCUT2D eigenvalue weighted by atomic mass is 32.2. The summed E-state index contributed by atoms with van der Waals surface area (Å²) in [5.41, 5.74) is 1.57. The monoisotopic (exact) mass is 460 g/mol. The number of carboxylic acid groups (broad SMARTS) is 1. The molecule has 2 N–H and O–H groups in total. The van der Waals surface area contributed by atoms with Gasteiger partial charge < -0.3 is 14.9 Å². The van der Waals surface area contributed by atoms with Crippen LogP contribution in [0.2, 0.25) is 0 Å². The molecule has 1 heterocycles. The number of hydrogen-bond acceptors (Lipinski definition) is 6. The topological polar surface area (TPSA) is 99.4 Å². The third-order valence-corrected chi connectivity index (χ3v) is 6.13. The SMILES string of the molecule is COc1cccc(/C=C2\N=C(SC(C(=O)O)c3ccccc3)N(c3ccccc3)C2=O)c1O. The number of nitrogens with zero attached hydrogens (tertiary/aromatic N) is 2. The highest BCUT2D eigenvalue weighted by molar-refractivity contribution is 8.15. The second-order valence-corrected chi connectivity index (χ2v) is 8.12. The Labute approximate surface area is 194 Å². The Morgan fingerprint density at radius 3 is 2.33 bits per heavy atom. The van der Waals surface area contributed by atoms with Gasteiger partial charge in [0.25, 0.3) is 5.91 Å². The van der Waals surface area contributed by atoms with Crippen molar-refractivity contribution in [1.82, 2.24) is 0 Å². The summed E-state index contributed by atoms with van der Waals surface area (Å²) in [4.78, 5) is 31.3. The van der Waals surface area contributed by atoms with E-state index in [9.17, 15) is 19.8 Å². The Kier molecular flexibility index (Phi) is 6.46. The summed E-state index contributed by atoms with van der Waals surface area (Å²) < 4.78 is 5.14. The van der Waals surface area contributed by atoms with Crippen molar-refractivity contribution in [2.24, 2.45) is 4.99 Å². The van der Waals surface area contributed by atoms with E-state index < -0.39 is 17.1 Å². The average Bonchev–Trinajstić information content (AvgIpc) is 3.14. The van der Waals surface area contributed by atoms with Gasteiger partial charge in [-0.25, -0.2) is 4.99 Å². The molecular formula is C25H20N2O5S. The summed E-state index contributed by atoms with van der Waals surface area (Å²) in [7, 11) is 1.44. The van der Waals surface area contributed by atoms with Crippen LogP contribution in [0, 0.1) is 0 Å². The number of phenols is 1. The van der Waals surface area contributed by atoms with Gasteiger partial charge in [0.1, 0.15) is 10.9 Å². The molecule has 1 unspecified atom stereocenters. The number of benzene rings is 3. The number of rotatable bonds is 6. The molecule has 1 atom stereocenters. The Morgan fingerprint density at radius 1 is 1.03 bits per heavy atom. The number of ether oxygens (including phenoxy) is 1. The molecule has 166 valence electrons. The molecule has 0 fully saturated rings. The normalized spacial score (nSPS) is 15.4. The van der Waals surface area contributed by atoms with Crippen molar-refractivity contribution in [3.05, 3.63) is 95.7 Å². The summed E-state index contributed by atoms with van der Waals surface area (Å²) in [6, 6.07) is 22.6. The summed E-state index contributed by atoms with van der Waals surface area (Å²) >= 11 is 0.974. The molecule has 1 aliphatic heterocycles. The lowest BCUT2D eigenvalue weighted by molar-refractivity contribution is -0.136. The molecule has 0 radical (unpaired) electrons. The summed E-state index contributed by atoms with van der Waals surface area (Å²) in [6.07, 6.45) is 1.46. The van der Waals surface area contributed by atoms with Crippen molar-refractivity contribution in [2.75, 3.05) is 12.0 Å². The molecule has 1 amide bonds. The van der Waals surface area contributed by atoms with Crippen LogP contribution in [0.4, 0.5) is 5.69 Å². The largest absolute Gasteiger partial charge is 0.504 e. The van der Waals surface area contributed by atoms with Gasteiger partial charge in [-0.3, -0.25) is 14.5 Å². The van der Waals surface area contributed by atoms with Crippen LogP contribution < -0.4 is 9.64 Å². The number of hydrogen-bond donors (Lipinski definition) is 2. The first-order valence-corrected chi connectivity index (χ1v) is 10.9. The maximum Gasteiger partial charge on any atom is 0.321 e.